The Bertz CT molecular complexity index is 698. The van der Waals surface area contributed by atoms with E-state index in [9.17, 15) is 0 Å². The summed E-state index contributed by atoms with van der Waals surface area (Å²) in [4.78, 5) is 4.58. The zero-order chi connectivity index (χ0) is 15.6. The summed E-state index contributed by atoms with van der Waals surface area (Å²) in [7, 11) is 0. The highest BCUT2D eigenvalue weighted by Gasteiger charge is 2.21. The Kier molecular flexibility index (Phi) is 4.27. The van der Waals surface area contributed by atoms with E-state index >= 15 is 0 Å². The second kappa shape index (κ2) is 6.54. The van der Waals surface area contributed by atoms with Gasteiger partial charge in [-0.1, -0.05) is 17.7 Å². The van der Waals surface area contributed by atoms with Crippen LogP contribution in [-0.2, 0) is 19.5 Å². The molecule has 0 radical (unpaired) electrons. The number of aromatic nitrogens is 2. The zero-order valence-corrected chi connectivity index (χ0v) is 14.0. The number of benzene rings is 1. The molecule has 0 bridgehead atoms. The van der Waals surface area contributed by atoms with Crippen LogP contribution in [0.2, 0.25) is 5.02 Å². The molecule has 1 unspecified atom stereocenters. The molecular weight excluding hydrogens is 310 g/mol. The predicted octanol–water partition coefficient (Wildman–Crippen LogP) is 3.88. The van der Waals surface area contributed by atoms with Gasteiger partial charge in [0.2, 0.25) is 0 Å². The Labute approximate surface area is 141 Å². The van der Waals surface area contributed by atoms with Crippen molar-refractivity contribution in [1.82, 2.24) is 14.9 Å². The van der Waals surface area contributed by atoms with Crippen molar-refractivity contribution in [3.63, 3.8) is 0 Å². The summed E-state index contributed by atoms with van der Waals surface area (Å²) in [6.07, 6.45) is 7.79. The second-order valence-corrected chi connectivity index (χ2v) is 6.82. The third kappa shape index (κ3) is 3.10. The number of hydrogen-bond acceptors (Lipinski definition) is 3. The molecule has 0 fully saturated rings. The van der Waals surface area contributed by atoms with Gasteiger partial charge in [-0.15, -0.1) is 0 Å². The van der Waals surface area contributed by atoms with Crippen LogP contribution in [0, 0.1) is 0 Å². The molecule has 23 heavy (non-hydrogen) atoms. The molecule has 122 valence electrons. The van der Waals surface area contributed by atoms with Crippen molar-refractivity contribution < 1.29 is 4.74 Å². The summed E-state index contributed by atoms with van der Waals surface area (Å²) in [6.45, 7) is 2.71. The number of nitrogens with zero attached hydrogens (tertiary/aromatic N) is 2. The van der Waals surface area contributed by atoms with Crippen molar-refractivity contribution in [2.24, 2.45) is 0 Å². The minimum absolute atomic E-state index is 0.305. The minimum Gasteiger partial charge on any atom is -0.493 e. The van der Waals surface area contributed by atoms with Crippen LogP contribution >= 0.6 is 11.6 Å². The van der Waals surface area contributed by atoms with Gasteiger partial charge in [-0.05, 0) is 37.8 Å². The molecule has 1 atom stereocenters. The normalized spacial score (nSPS) is 20.3. The molecule has 0 saturated heterocycles. The molecule has 0 aliphatic carbocycles. The van der Waals surface area contributed by atoms with E-state index in [1.54, 1.807) is 0 Å². The third-order valence-corrected chi connectivity index (χ3v) is 5.06. The lowest BCUT2D eigenvalue weighted by molar-refractivity contribution is 0.315. The number of aryl methyl sites for hydroxylation is 1. The largest absolute Gasteiger partial charge is 0.493 e. The van der Waals surface area contributed by atoms with Crippen molar-refractivity contribution in [2.75, 3.05) is 6.61 Å². The zero-order valence-electron chi connectivity index (χ0n) is 13.2. The Morgan fingerprint density at radius 2 is 2.26 bits per heavy atom. The molecule has 4 nitrogen and oxygen atoms in total. The Balaban J connectivity index is 1.52. The topological polar surface area (TPSA) is 39.1 Å². The Morgan fingerprint density at radius 1 is 1.30 bits per heavy atom. The van der Waals surface area contributed by atoms with E-state index in [1.807, 2.05) is 18.3 Å². The maximum atomic E-state index is 6.10. The van der Waals surface area contributed by atoms with Crippen molar-refractivity contribution in [1.29, 1.82) is 0 Å². The molecule has 2 aliphatic rings. The van der Waals surface area contributed by atoms with Gasteiger partial charge in [-0.2, -0.15) is 0 Å². The average molecular weight is 332 g/mol. The number of halogens is 1. The van der Waals surface area contributed by atoms with E-state index in [2.05, 4.69) is 20.9 Å². The van der Waals surface area contributed by atoms with Crippen molar-refractivity contribution in [3.8, 4) is 5.75 Å². The molecular formula is C18H22ClN3O. The van der Waals surface area contributed by atoms with Gasteiger partial charge in [0.1, 0.15) is 11.6 Å². The highest BCUT2D eigenvalue weighted by atomic mass is 35.5. The van der Waals surface area contributed by atoms with Crippen LogP contribution in [0.15, 0.2) is 24.4 Å². The van der Waals surface area contributed by atoms with Crippen molar-refractivity contribution in [3.05, 3.63) is 46.5 Å². The average Bonchev–Trinajstić information content (AvgIpc) is 2.87. The number of ether oxygens (including phenoxy) is 1. The van der Waals surface area contributed by atoms with E-state index in [-0.39, 0.29) is 0 Å². The first-order chi connectivity index (χ1) is 11.3. The first-order valence-electron chi connectivity index (χ1n) is 8.50. The predicted molar refractivity (Wildman–Crippen MR) is 90.9 cm³/mol. The van der Waals surface area contributed by atoms with E-state index < -0.39 is 0 Å². The maximum Gasteiger partial charge on any atom is 0.125 e. The van der Waals surface area contributed by atoms with Crippen LogP contribution in [-0.4, -0.2) is 16.2 Å². The Morgan fingerprint density at radius 3 is 3.22 bits per heavy atom. The fourth-order valence-electron chi connectivity index (χ4n) is 3.61. The van der Waals surface area contributed by atoms with Gasteiger partial charge in [0.15, 0.2) is 0 Å². The van der Waals surface area contributed by atoms with Crippen LogP contribution in [0.4, 0.5) is 0 Å². The van der Waals surface area contributed by atoms with Gasteiger partial charge in [-0.3, -0.25) is 0 Å². The molecule has 0 spiro atoms. The summed E-state index contributed by atoms with van der Waals surface area (Å²) < 4.78 is 8.23. The standard InChI is InChI=1S/C18H22ClN3O/c19-13-6-7-15-16(4-3-9-23-17(15)10-13)20-11-14-12-21-18-5-1-2-8-22(14)18/h6-7,10,12,16,20H,1-5,8-9,11H2. The van der Waals surface area contributed by atoms with E-state index in [4.69, 9.17) is 16.3 Å². The highest BCUT2D eigenvalue weighted by Crippen LogP contribution is 2.33. The van der Waals surface area contributed by atoms with Crippen LogP contribution in [0.5, 0.6) is 5.75 Å². The highest BCUT2D eigenvalue weighted by molar-refractivity contribution is 6.30. The molecule has 3 heterocycles. The molecule has 4 rings (SSSR count). The van der Waals surface area contributed by atoms with E-state index in [0.717, 1.165) is 49.7 Å². The molecule has 0 saturated carbocycles. The molecule has 2 aromatic rings. The molecule has 1 aromatic carbocycles. The molecule has 1 aromatic heterocycles. The van der Waals surface area contributed by atoms with Crippen LogP contribution in [0.3, 0.4) is 0 Å². The smallest absolute Gasteiger partial charge is 0.125 e. The van der Waals surface area contributed by atoms with Crippen molar-refractivity contribution in [2.45, 2.75) is 51.2 Å². The lowest BCUT2D eigenvalue weighted by Gasteiger charge is -2.21. The molecule has 5 heteroatoms. The monoisotopic (exact) mass is 331 g/mol. The molecule has 1 N–H and O–H groups in total. The molecule has 2 aliphatic heterocycles. The van der Waals surface area contributed by atoms with Crippen molar-refractivity contribution >= 4 is 11.6 Å². The van der Waals surface area contributed by atoms with E-state index in [0.29, 0.717) is 6.04 Å². The summed E-state index contributed by atoms with van der Waals surface area (Å²) in [5.41, 5.74) is 2.51. The SMILES string of the molecule is Clc1ccc2c(c1)OCCCC2NCc1cnc2n1CCCC2. The van der Waals surface area contributed by atoms with E-state index in [1.165, 1.54) is 29.9 Å². The van der Waals surface area contributed by atoms with Gasteiger partial charge in [0.25, 0.3) is 0 Å². The summed E-state index contributed by atoms with van der Waals surface area (Å²) in [5, 5.41) is 4.44. The lowest BCUT2D eigenvalue weighted by Crippen LogP contribution is -2.23. The van der Waals surface area contributed by atoms with Crippen LogP contribution in [0.1, 0.15) is 48.8 Å². The number of nitrogens with one attached hydrogen (secondary N) is 1. The maximum absolute atomic E-state index is 6.10. The quantitative estimate of drug-likeness (QED) is 0.927. The second-order valence-electron chi connectivity index (χ2n) is 6.38. The van der Waals surface area contributed by atoms with Gasteiger partial charge in [0, 0.05) is 42.3 Å². The van der Waals surface area contributed by atoms with Crippen LogP contribution < -0.4 is 10.1 Å². The first kappa shape index (κ1) is 15.0. The number of rotatable bonds is 3. The summed E-state index contributed by atoms with van der Waals surface area (Å²) >= 11 is 6.10. The number of fused-ring (bicyclic) bond motifs is 2. The summed E-state index contributed by atoms with van der Waals surface area (Å²) in [6, 6.07) is 6.27. The summed E-state index contributed by atoms with van der Waals surface area (Å²) in [5.74, 6) is 2.16. The first-order valence-corrected chi connectivity index (χ1v) is 8.88. The van der Waals surface area contributed by atoms with Gasteiger partial charge >= 0.3 is 0 Å². The molecule has 0 amide bonds. The lowest BCUT2D eigenvalue weighted by atomic mass is 10.0. The minimum atomic E-state index is 0.305. The fourth-order valence-corrected chi connectivity index (χ4v) is 3.77. The van der Waals surface area contributed by atoms with Gasteiger partial charge in [-0.25, -0.2) is 4.98 Å². The number of imidazole rings is 1. The Hall–Kier alpha value is -1.52. The van der Waals surface area contributed by atoms with Gasteiger partial charge < -0.3 is 14.6 Å². The third-order valence-electron chi connectivity index (χ3n) is 4.83. The van der Waals surface area contributed by atoms with Crippen LogP contribution in [0.25, 0.3) is 0 Å². The number of hydrogen-bond donors (Lipinski definition) is 1. The van der Waals surface area contributed by atoms with Gasteiger partial charge in [0.05, 0.1) is 12.3 Å². The fraction of sp³-hybridized carbons (Fsp3) is 0.500.